The van der Waals surface area contributed by atoms with E-state index in [0.717, 1.165) is 26.5 Å². The number of nitrogens with one attached hydrogen (secondary N) is 1. The van der Waals surface area contributed by atoms with Crippen LogP contribution in [0.4, 0.5) is 11.4 Å². The molecule has 0 bridgehead atoms. The summed E-state index contributed by atoms with van der Waals surface area (Å²) in [5, 5.41) is 2.89. The maximum Gasteiger partial charge on any atom is 0.248 e. The molecular weight excluding hydrogens is 475 g/mol. The van der Waals surface area contributed by atoms with Crippen molar-refractivity contribution in [3.05, 3.63) is 56.7 Å². The van der Waals surface area contributed by atoms with Crippen molar-refractivity contribution < 1.29 is 13.2 Å². The molecule has 0 radical (unpaired) electrons. The minimum Gasteiger partial charge on any atom is -0.324 e. The highest BCUT2D eigenvalue weighted by Gasteiger charge is 2.31. The van der Waals surface area contributed by atoms with Crippen LogP contribution in [0.15, 0.2) is 36.4 Å². The topological polar surface area (TPSA) is 66.5 Å². The highest BCUT2D eigenvalue weighted by molar-refractivity contribution is 14.1. The van der Waals surface area contributed by atoms with Gasteiger partial charge < -0.3 is 5.32 Å². The molecule has 0 aliphatic rings. The van der Waals surface area contributed by atoms with Crippen molar-refractivity contribution in [1.29, 1.82) is 0 Å². The molecule has 0 spiro atoms. The fourth-order valence-corrected chi connectivity index (χ4v) is 4.76. The second kappa shape index (κ2) is 8.60. The van der Waals surface area contributed by atoms with E-state index in [2.05, 4.69) is 27.9 Å². The Morgan fingerprint density at radius 3 is 2.26 bits per heavy atom. The maximum atomic E-state index is 13.0. The van der Waals surface area contributed by atoms with Crippen molar-refractivity contribution in [2.24, 2.45) is 0 Å². The van der Waals surface area contributed by atoms with E-state index in [0.29, 0.717) is 17.8 Å². The van der Waals surface area contributed by atoms with E-state index < -0.39 is 16.1 Å². The number of benzene rings is 2. The zero-order valence-corrected chi connectivity index (χ0v) is 19.2. The van der Waals surface area contributed by atoms with Gasteiger partial charge in [0.05, 0.1) is 11.9 Å². The fourth-order valence-electron chi connectivity index (χ4n) is 2.91. The lowest BCUT2D eigenvalue weighted by Gasteiger charge is -2.30. The highest BCUT2D eigenvalue weighted by atomic mass is 127. The van der Waals surface area contributed by atoms with E-state index in [1.165, 1.54) is 4.31 Å². The molecule has 1 atom stereocenters. The monoisotopic (exact) mass is 500 g/mol. The molecule has 0 unspecified atom stereocenters. The second-order valence-corrected chi connectivity index (χ2v) is 9.80. The first kappa shape index (κ1) is 21.7. The van der Waals surface area contributed by atoms with Crippen LogP contribution in [-0.4, -0.2) is 26.6 Å². The van der Waals surface area contributed by atoms with Gasteiger partial charge in [-0.25, -0.2) is 8.42 Å². The summed E-state index contributed by atoms with van der Waals surface area (Å²) < 4.78 is 27.4. The molecule has 2 aromatic carbocycles. The first-order valence-electron chi connectivity index (χ1n) is 8.68. The maximum absolute atomic E-state index is 13.0. The van der Waals surface area contributed by atoms with Gasteiger partial charge in [-0.3, -0.25) is 9.10 Å². The van der Waals surface area contributed by atoms with Crippen LogP contribution >= 0.6 is 22.6 Å². The minimum absolute atomic E-state index is 0.342. The molecule has 5 nitrogen and oxygen atoms in total. The molecule has 0 heterocycles. The van der Waals surface area contributed by atoms with Crippen molar-refractivity contribution in [2.75, 3.05) is 15.9 Å². The third-order valence-electron chi connectivity index (χ3n) is 4.52. The zero-order valence-electron chi connectivity index (χ0n) is 16.2. The summed E-state index contributed by atoms with van der Waals surface area (Å²) in [5.41, 5.74) is 4.17. The lowest BCUT2D eigenvalue weighted by atomic mass is 10.1. The predicted octanol–water partition coefficient (Wildman–Crippen LogP) is 4.40. The van der Waals surface area contributed by atoms with E-state index in [4.69, 9.17) is 0 Å². The molecule has 1 N–H and O–H groups in total. The molecular formula is C20H25IN2O3S. The van der Waals surface area contributed by atoms with Gasteiger partial charge in [-0.15, -0.1) is 0 Å². The second-order valence-electron chi connectivity index (χ2n) is 6.70. The molecule has 2 rings (SSSR count). The van der Waals surface area contributed by atoms with Crippen LogP contribution in [0.5, 0.6) is 0 Å². The number of carbonyl (C=O) groups excluding carboxylic acids is 1. The first-order chi connectivity index (χ1) is 12.5. The smallest absolute Gasteiger partial charge is 0.248 e. The van der Waals surface area contributed by atoms with E-state index in [9.17, 15) is 13.2 Å². The molecule has 27 heavy (non-hydrogen) atoms. The summed E-state index contributed by atoms with van der Waals surface area (Å²) in [5.74, 6) is -0.342. The van der Waals surface area contributed by atoms with Gasteiger partial charge in [-0.1, -0.05) is 13.0 Å². The van der Waals surface area contributed by atoms with E-state index >= 15 is 0 Å². The number of halogens is 1. The predicted molar refractivity (Wildman–Crippen MR) is 120 cm³/mol. The normalized spacial score (nSPS) is 12.5. The van der Waals surface area contributed by atoms with Crippen LogP contribution in [0, 0.1) is 24.3 Å². The third-order valence-corrected chi connectivity index (χ3v) is 6.37. The lowest BCUT2D eigenvalue weighted by molar-refractivity contribution is -0.117. The Kier molecular flexibility index (Phi) is 6.91. The molecule has 0 aliphatic carbocycles. The Bertz CT molecular complexity index is 958. The number of nitrogens with zero attached hydrogens (tertiary/aromatic N) is 1. The Morgan fingerprint density at radius 1 is 1.07 bits per heavy atom. The van der Waals surface area contributed by atoms with E-state index in [1.807, 2.05) is 58.0 Å². The van der Waals surface area contributed by atoms with Gasteiger partial charge in [-0.2, -0.15) is 0 Å². The molecule has 0 aromatic heterocycles. The largest absolute Gasteiger partial charge is 0.324 e. The summed E-state index contributed by atoms with van der Waals surface area (Å²) in [6.45, 7) is 7.61. The number of carbonyl (C=O) groups is 1. The summed E-state index contributed by atoms with van der Waals surface area (Å²) in [6.07, 6.45) is 1.49. The van der Waals surface area contributed by atoms with Gasteiger partial charge in [0.15, 0.2) is 0 Å². The quantitative estimate of drug-likeness (QED) is 0.599. The van der Waals surface area contributed by atoms with Gasteiger partial charge in [0.25, 0.3) is 0 Å². The molecule has 0 aliphatic heterocycles. The number of anilines is 2. The number of sulfonamides is 1. The molecule has 0 fully saturated rings. The Hall–Kier alpha value is -1.61. The van der Waals surface area contributed by atoms with Crippen LogP contribution in [0.2, 0.25) is 0 Å². The number of hydrogen-bond acceptors (Lipinski definition) is 3. The summed E-state index contributed by atoms with van der Waals surface area (Å²) in [4.78, 5) is 13.0. The van der Waals surface area contributed by atoms with Crippen LogP contribution < -0.4 is 9.62 Å². The number of amides is 1. The van der Waals surface area contributed by atoms with Gasteiger partial charge in [0.1, 0.15) is 6.04 Å². The fraction of sp³-hybridized carbons (Fsp3) is 0.350. The molecule has 0 saturated carbocycles. The van der Waals surface area contributed by atoms with Crippen LogP contribution in [0.25, 0.3) is 0 Å². The number of hydrogen-bond donors (Lipinski definition) is 1. The van der Waals surface area contributed by atoms with Crippen molar-refractivity contribution in [2.45, 2.75) is 40.2 Å². The molecule has 0 saturated heterocycles. The highest BCUT2D eigenvalue weighted by Crippen LogP contribution is 2.26. The van der Waals surface area contributed by atoms with Crippen LogP contribution in [0.3, 0.4) is 0 Å². The first-order valence-corrected chi connectivity index (χ1v) is 11.6. The Morgan fingerprint density at radius 2 is 1.74 bits per heavy atom. The molecule has 146 valence electrons. The summed E-state index contributed by atoms with van der Waals surface area (Å²) in [7, 11) is -3.64. The number of rotatable bonds is 6. The third kappa shape index (κ3) is 5.22. The van der Waals surface area contributed by atoms with Crippen molar-refractivity contribution in [3.8, 4) is 0 Å². The lowest BCUT2D eigenvalue weighted by Crippen LogP contribution is -2.47. The van der Waals surface area contributed by atoms with Crippen LogP contribution in [0.1, 0.15) is 30.0 Å². The van der Waals surface area contributed by atoms with Crippen LogP contribution in [-0.2, 0) is 14.8 Å². The van der Waals surface area contributed by atoms with E-state index in [1.54, 1.807) is 6.07 Å². The zero-order chi connectivity index (χ0) is 20.4. The van der Waals surface area contributed by atoms with E-state index in [-0.39, 0.29) is 5.91 Å². The van der Waals surface area contributed by atoms with Crippen molar-refractivity contribution in [3.63, 3.8) is 0 Å². The minimum atomic E-state index is -3.64. The average Bonchev–Trinajstić information content (AvgIpc) is 2.56. The summed E-state index contributed by atoms with van der Waals surface area (Å²) in [6, 6.07) is 10.3. The van der Waals surface area contributed by atoms with Crippen molar-refractivity contribution >= 4 is 49.9 Å². The SMILES string of the molecule is CC[C@H](C(=O)Nc1ccc(I)cc1C)N(c1ccc(C)c(C)c1)S(C)(=O)=O. The summed E-state index contributed by atoms with van der Waals surface area (Å²) >= 11 is 2.21. The average molecular weight is 500 g/mol. The van der Waals surface area contributed by atoms with Gasteiger partial charge in [-0.05, 0) is 96.8 Å². The molecule has 2 aromatic rings. The van der Waals surface area contributed by atoms with Gasteiger partial charge in [0.2, 0.25) is 15.9 Å². The molecule has 7 heteroatoms. The Labute approximate surface area is 175 Å². The Balaban J connectivity index is 2.42. The van der Waals surface area contributed by atoms with Gasteiger partial charge in [0, 0.05) is 9.26 Å². The standard InChI is InChI=1S/C20H25IN2O3S/c1-6-19(20(24)22-18-10-8-16(21)11-15(18)4)23(27(5,25)26)17-9-7-13(2)14(3)12-17/h7-12,19H,6H2,1-5H3,(H,22,24)/t19-/m1/s1. The van der Waals surface area contributed by atoms with Gasteiger partial charge >= 0.3 is 0 Å². The molecule has 1 amide bonds. The number of aryl methyl sites for hydroxylation is 3. The van der Waals surface area contributed by atoms with Crippen molar-refractivity contribution in [1.82, 2.24) is 0 Å².